The standard InChI is InChI=1S/C11H17BrN2OS/c1-8-7-13-11(16-8)9(2)14-10(15)5-3-4-6-12/h7,9H,3-6H2,1-2H3,(H,14,15). The maximum absolute atomic E-state index is 11.6. The Hall–Kier alpha value is -0.420. The first-order chi connectivity index (χ1) is 7.63. The Morgan fingerprint density at radius 1 is 1.62 bits per heavy atom. The van der Waals surface area contributed by atoms with E-state index in [0.29, 0.717) is 6.42 Å². The average molecular weight is 305 g/mol. The zero-order chi connectivity index (χ0) is 12.0. The molecule has 0 fully saturated rings. The molecule has 0 aromatic carbocycles. The zero-order valence-corrected chi connectivity index (χ0v) is 12.0. The van der Waals surface area contributed by atoms with Crippen molar-refractivity contribution >= 4 is 33.2 Å². The summed E-state index contributed by atoms with van der Waals surface area (Å²) in [4.78, 5) is 17.0. The van der Waals surface area contributed by atoms with Gasteiger partial charge < -0.3 is 5.32 Å². The first-order valence-electron chi connectivity index (χ1n) is 5.41. The molecule has 1 N–H and O–H groups in total. The van der Waals surface area contributed by atoms with Gasteiger partial charge in [0.15, 0.2) is 0 Å². The second-order valence-corrected chi connectivity index (χ2v) is 5.80. The minimum atomic E-state index is 0.0233. The fourth-order valence-electron chi connectivity index (χ4n) is 1.33. The van der Waals surface area contributed by atoms with Gasteiger partial charge in [-0.25, -0.2) is 4.98 Å². The third-order valence-corrected chi connectivity index (χ3v) is 3.83. The number of unbranched alkanes of at least 4 members (excludes halogenated alkanes) is 1. The number of amides is 1. The van der Waals surface area contributed by atoms with Crippen LogP contribution in [0.2, 0.25) is 0 Å². The summed E-state index contributed by atoms with van der Waals surface area (Å²) in [6.45, 7) is 3.99. The Morgan fingerprint density at radius 2 is 2.38 bits per heavy atom. The molecule has 1 rings (SSSR count). The molecule has 0 spiro atoms. The van der Waals surface area contributed by atoms with Crippen molar-refractivity contribution in [1.82, 2.24) is 10.3 Å². The van der Waals surface area contributed by atoms with Crippen LogP contribution in [-0.2, 0) is 4.79 Å². The highest BCUT2D eigenvalue weighted by atomic mass is 79.9. The van der Waals surface area contributed by atoms with Gasteiger partial charge in [0, 0.05) is 22.8 Å². The number of hydrogen-bond acceptors (Lipinski definition) is 3. The van der Waals surface area contributed by atoms with Crippen LogP contribution in [0.3, 0.4) is 0 Å². The summed E-state index contributed by atoms with van der Waals surface area (Å²) >= 11 is 4.98. The summed E-state index contributed by atoms with van der Waals surface area (Å²) in [5.74, 6) is 0.112. The number of rotatable bonds is 6. The van der Waals surface area contributed by atoms with Crippen molar-refractivity contribution in [2.24, 2.45) is 0 Å². The molecule has 90 valence electrons. The maximum Gasteiger partial charge on any atom is 0.220 e. The second kappa shape index (κ2) is 7.01. The number of alkyl halides is 1. The lowest BCUT2D eigenvalue weighted by atomic mass is 10.2. The van der Waals surface area contributed by atoms with Crippen LogP contribution in [0.5, 0.6) is 0 Å². The second-order valence-electron chi connectivity index (χ2n) is 3.74. The highest BCUT2D eigenvalue weighted by molar-refractivity contribution is 9.09. The van der Waals surface area contributed by atoms with Gasteiger partial charge in [-0.2, -0.15) is 0 Å². The molecule has 1 heterocycles. The summed E-state index contributed by atoms with van der Waals surface area (Å²) in [7, 11) is 0. The number of nitrogens with one attached hydrogen (secondary N) is 1. The third-order valence-electron chi connectivity index (χ3n) is 2.17. The van der Waals surface area contributed by atoms with Gasteiger partial charge in [-0.3, -0.25) is 4.79 Å². The van der Waals surface area contributed by atoms with Crippen molar-refractivity contribution < 1.29 is 4.79 Å². The summed E-state index contributed by atoms with van der Waals surface area (Å²) < 4.78 is 0. The van der Waals surface area contributed by atoms with E-state index >= 15 is 0 Å². The SMILES string of the molecule is Cc1cnc(C(C)NC(=O)CCCCBr)s1. The first kappa shape index (κ1) is 13.6. The maximum atomic E-state index is 11.6. The lowest BCUT2D eigenvalue weighted by molar-refractivity contribution is -0.121. The van der Waals surface area contributed by atoms with E-state index in [1.165, 1.54) is 4.88 Å². The van der Waals surface area contributed by atoms with Crippen molar-refractivity contribution in [2.75, 3.05) is 5.33 Å². The van der Waals surface area contributed by atoms with E-state index in [2.05, 4.69) is 26.2 Å². The number of halogens is 1. The molecular formula is C11H17BrN2OS. The van der Waals surface area contributed by atoms with Crippen LogP contribution < -0.4 is 5.32 Å². The van der Waals surface area contributed by atoms with Gasteiger partial charge in [0.25, 0.3) is 0 Å². The van der Waals surface area contributed by atoms with Gasteiger partial charge in [-0.15, -0.1) is 11.3 Å². The molecule has 0 aliphatic carbocycles. The Kier molecular flexibility index (Phi) is 5.98. The Morgan fingerprint density at radius 3 is 2.94 bits per heavy atom. The van der Waals surface area contributed by atoms with Crippen molar-refractivity contribution in [2.45, 2.75) is 39.2 Å². The van der Waals surface area contributed by atoms with Crippen LogP contribution in [0.25, 0.3) is 0 Å². The predicted molar refractivity (Wildman–Crippen MR) is 71.1 cm³/mol. The molecule has 1 aromatic rings. The summed E-state index contributed by atoms with van der Waals surface area (Å²) in [6, 6.07) is 0.0233. The smallest absolute Gasteiger partial charge is 0.220 e. The molecule has 1 atom stereocenters. The fraction of sp³-hybridized carbons (Fsp3) is 0.636. The number of carbonyl (C=O) groups is 1. The lowest BCUT2D eigenvalue weighted by Gasteiger charge is -2.10. The Bertz CT molecular complexity index is 340. The minimum Gasteiger partial charge on any atom is -0.347 e. The largest absolute Gasteiger partial charge is 0.347 e. The van der Waals surface area contributed by atoms with Crippen molar-refractivity contribution in [3.8, 4) is 0 Å². The molecule has 0 aliphatic heterocycles. The molecule has 0 radical (unpaired) electrons. The number of carbonyl (C=O) groups excluding carboxylic acids is 1. The number of aryl methyl sites for hydroxylation is 1. The van der Waals surface area contributed by atoms with Crippen molar-refractivity contribution in [3.05, 3.63) is 16.1 Å². The molecule has 0 saturated carbocycles. The van der Waals surface area contributed by atoms with Gasteiger partial charge in [-0.05, 0) is 26.7 Å². The van der Waals surface area contributed by atoms with Crippen molar-refractivity contribution in [1.29, 1.82) is 0 Å². The van der Waals surface area contributed by atoms with Crippen LogP contribution in [0.4, 0.5) is 0 Å². The van der Waals surface area contributed by atoms with E-state index in [4.69, 9.17) is 0 Å². The molecule has 1 amide bonds. The predicted octanol–water partition coefficient (Wildman–Crippen LogP) is 3.19. The van der Waals surface area contributed by atoms with Gasteiger partial charge in [-0.1, -0.05) is 15.9 Å². The van der Waals surface area contributed by atoms with Gasteiger partial charge in [0.05, 0.1) is 6.04 Å². The van der Waals surface area contributed by atoms with E-state index in [1.807, 2.05) is 20.0 Å². The molecule has 1 unspecified atom stereocenters. The topological polar surface area (TPSA) is 42.0 Å². The fourth-order valence-corrected chi connectivity index (χ4v) is 2.50. The molecular weight excluding hydrogens is 288 g/mol. The van der Waals surface area contributed by atoms with Gasteiger partial charge >= 0.3 is 0 Å². The van der Waals surface area contributed by atoms with Crippen LogP contribution in [-0.4, -0.2) is 16.2 Å². The Labute approximate surface area is 109 Å². The number of aromatic nitrogens is 1. The average Bonchev–Trinajstić information content (AvgIpc) is 2.65. The zero-order valence-electron chi connectivity index (χ0n) is 9.62. The van der Waals surface area contributed by atoms with Gasteiger partial charge in [0.1, 0.15) is 5.01 Å². The third kappa shape index (κ3) is 4.61. The Balaban J connectivity index is 2.33. The van der Waals surface area contributed by atoms with Crippen LogP contribution in [0, 0.1) is 6.92 Å². The quantitative estimate of drug-likeness (QED) is 0.648. The highest BCUT2D eigenvalue weighted by Crippen LogP contribution is 2.18. The molecule has 0 saturated heterocycles. The van der Waals surface area contributed by atoms with E-state index in [0.717, 1.165) is 23.2 Å². The minimum absolute atomic E-state index is 0.0233. The van der Waals surface area contributed by atoms with Crippen LogP contribution in [0.15, 0.2) is 6.20 Å². The van der Waals surface area contributed by atoms with Gasteiger partial charge in [0.2, 0.25) is 5.91 Å². The number of thiazole rings is 1. The summed E-state index contributed by atoms with van der Waals surface area (Å²) in [5.41, 5.74) is 0. The molecule has 16 heavy (non-hydrogen) atoms. The number of nitrogens with zero attached hydrogens (tertiary/aromatic N) is 1. The first-order valence-corrected chi connectivity index (χ1v) is 7.35. The van der Waals surface area contributed by atoms with Crippen LogP contribution in [0.1, 0.15) is 42.1 Å². The molecule has 3 nitrogen and oxygen atoms in total. The van der Waals surface area contributed by atoms with Crippen molar-refractivity contribution in [3.63, 3.8) is 0 Å². The molecule has 0 aliphatic rings. The monoisotopic (exact) mass is 304 g/mol. The normalized spacial score (nSPS) is 12.4. The van der Waals surface area contributed by atoms with E-state index in [-0.39, 0.29) is 11.9 Å². The van der Waals surface area contributed by atoms with Crippen LogP contribution >= 0.6 is 27.3 Å². The molecule has 5 heteroatoms. The van der Waals surface area contributed by atoms with E-state index in [9.17, 15) is 4.79 Å². The number of hydrogen-bond donors (Lipinski definition) is 1. The molecule has 0 bridgehead atoms. The highest BCUT2D eigenvalue weighted by Gasteiger charge is 2.11. The van der Waals surface area contributed by atoms with E-state index in [1.54, 1.807) is 11.3 Å². The summed E-state index contributed by atoms with van der Waals surface area (Å²) in [5, 5.41) is 4.90. The van der Waals surface area contributed by atoms with E-state index < -0.39 is 0 Å². The lowest BCUT2D eigenvalue weighted by Crippen LogP contribution is -2.26. The molecule has 1 aromatic heterocycles. The summed E-state index contributed by atoms with van der Waals surface area (Å²) in [6.07, 6.45) is 4.41.